The number of nitrogens with zero attached hydrogens (tertiary/aromatic N) is 3. The lowest BCUT2D eigenvalue weighted by atomic mass is 10.2. The molecule has 17 heavy (non-hydrogen) atoms. The Bertz CT molecular complexity index is 543. The molecule has 0 fully saturated rings. The van der Waals surface area contributed by atoms with E-state index in [2.05, 4.69) is 21.0 Å². The van der Waals surface area contributed by atoms with Crippen LogP contribution in [0.5, 0.6) is 0 Å². The SMILES string of the molecule is C#CCC(N)c1nc(-c2ccc(Cl)cn2)no1. The molecule has 6 heteroatoms. The number of halogens is 1. The molecule has 0 aliphatic rings. The first-order valence-corrected chi connectivity index (χ1v) is 5.23. The zero-order valence-corrected chi connectivity index (χ0v) is 9.55. The molecule has 0 amide bonds. The summed E-state index contributed by atoms with van der Waals surface area (Å²) in [5, 5.41) is 4.32. The van der Waals surface area contributed by atoms with Gasteiger partial charge in [-0.25, -0.2) is 0 Å². The zero-order chi connectivity index (χ0) is 12.3. The fourth-order valence-corrected chi connectivity index (χ4v) is 1.32. The average molecular weight is 249 g/mol. The van der Waals surface area contributed by atoms with Crippen molar-refractivity contribution in [1.82, 2.24) is 15.1 Å². The third kappa shape index (κ3) is 2.61. The number of hydrogen-bond donors (Lipinski definition) is 1. The van der Waals surface area contributed by atoms with Crippen LogP contribution in [-0.2, 0) is 0 Å². The number of aromatic nitrogens is 3. The van der Waals surface area contributed by atoms with Crippen LogP contribution in [0.2, 0.25) is 5.02 Å². The summed E-state index contributed by atoms with van der Waals surface area (Å²) < 4.78 is 5.01. The van der Waals surface area contributed by atoms with Crippen LogP contribution in [0.3, 0.4) is 0 Å². The van der Waals surface area contributed by atoms with Gasteiger partial charge in [-0.05, 0) is 12.1 Å². The number of hydrogen-bond acceptors (Lipinski definition) is 5. The van der Waals surface area contributed by atoms with E-state index in [1.165, 1.54) is 6.20 Å². The van der Waals surface area contributed by atoms with Gasteiger partial charge in [0, 0.05) is 12.6 Å². The minimum Gasteiger partial charge on any atom is -0.337 e. The van der Waals surface area contributed by atoms with Crippen LogP contribution in [0.25, 0.3) is 11.5 Å². The van der Waals surface area contributed by atoms with E-state index in [1.807, 2.05) is 0 Å². The van der Waals surface area contributed by atoms with Gasteiger partial charge >= 0.3 is 0 Å². The quantitative estimate of drug-likeness (QED) is 0.838. The standard InChI is InChI=1S/C11H9ClN4O/c1-2-3-8(13)11-15-10(16-17-11)9-5-4-7(12)6-14-9/h1,4-6,8H,3,13H2. The Morgan fingerprint density at radius 1 is 1.53 bits per heavy atom. The highest BCUT2D eigenvalue weighted by molar-refractivity contribution is 6.30. The third-order valence-electron chi connectivity index (χ3n) is 2.05. The summed E-state index contributed by atoms with van der Waals surface area (Å²) in [7, 11) is 0. The molecule has 0 saturated heterocycles. The average Bonchev–Trinajstić information content (AvgIpc) is 2.80. The molecule has 0 radical (unpaired) electrons. The number of pyridine rings is 1. The highest BCUT2D eigenvalue weighted by Gasteiger charge is 2.15. The van der Waals surface area contributed by atoms with E-state index in [9.17, 15) is 0 Å². The monoisotopic (exact) mass is 248 g/mol. The maximum atomic E-state index is 5.74. The molecular weight excluding hydrogens is 240 g/mol. The summed E-state index contributed by atoms with van der Waals surface area (Å²) in [4.78, 5) is 8.19. The Morgan fingerprint density at radius 3 is 3.00 bits per heavy atom. The number of terminal acetylenes is 1. The Hall–Kier alpha value is -1.90. The van der Waals surface area contributed by atoms with E-state index in [-0.39, 0.29) is 0 Å². The summed E-state index contributed by atoms with van der Waals surface area (Å²) in [5.74, 6) is 3.10. The topological polar surface area (TPSA) is 77.8 Å². The molecule has 5 nitrogen and oxygen atoms in total. The van der Waals surface area contributed by atoms with Crippen molar-refractivity contribution >= 4 is 11.6 Å². The van der Waals surface area contributed by atoms with Crippen LogP contribution in [0.4, 0.5) is 0 Å². The van der Waals surface area contributed by atoms with Gasteiger partial charge in [0.1, 0.15) is 5.69 Å². The van der Waals surface area contributed by atoms with Crippen molar-refractivity contribution in [2.24, 2.45) is 5.73 Å². The van der Waals surface area contributed by atoms with Crippen LogP contribution < -0.4 is 5.73 Å². The summed E-state index contributed by atoms with van der Waals surface area (Å²) in [6.07, 6.45) is 7.01. The van der Waals surface area contributed by atoms with Gasteiger partial charge in [-0.15, -0.1) is 12.3 Å². The van der Waals surface area contributed by atoms with Crippen LogP contribution >= 0.6 is 11.6 Å². The normalized spacial score (nSPS) is 12.1. The second-order valence-electron chi connectivity index (χ2n) is 3.33. The maximum Gasteiger partial charge on any atom is 0.244 e. The molecule has 86 valence electrons. The Morgan fingerprint density at radius 2 is 2.35 bits per heavy atom. The van der Waals surface area contributed by atoms with Crippen LogP contribution in [0.15, 0.2) is 22.9 Å². The van der Waals surface area contributed by atoms with Gasteiger partial charge in [0.15, 0.2) is 0 Å². The minimum absolute atomic E-state index is 0.301. The molecule has 2 N–H and O–H groups in total. The molecule has 0 spiro atoms. The van der Waals surface area contributed by atoms with E-state index >= 15 is 0 Å². The molecule has 0 saturated carbocycles. The molecular formula is C11H9ClN4O. The molecule has 1 unspecified atom stereocenters. The fraction of sp³-hybridized carbons (Fsp3) is 0.182. The highest BCUT2D eigenvalue weighted by atomic mass is 35.5. The van der Waals surface area contributed by atoms with E-state index in [0.717, 1.165) is 0 Å². The van der Waals surface area contributed by atoms with Crippen LogP contribution in [0, 0.1) is 12.3 Å². The van der Waals surface area contributed by atoms with Crippen molar-refractivity contribution < 1.29 is 4.52 Å². The van der Waals surface area contributed by atoms with E-state index < -0.39 is 6.04 Å². The van der Waals surface area contributed by atoms with Crippen molar-refractivity contribution in [3.63, 3.8) is 0 Å². The molecule has 2 aromatic heterocycles. The van der Waals surface area contributed by atoms with E-state index in [1.54, 1.807) is 12.1 Å². The third-order valence-corrected chi connectivity index (χ3v) is 2.28. The second-order valence-corrected chi connectivity index (χ2v) is 3.77. The minimum atomic E-state index is -0.450. The predicted molar refractivity (Wildman–Crippen MR) is 62.9 cm³/mol. The summed E-state index contributed by atoms with van der Waals surface area (Å²) in [5.41, 5.74) is 6.31. The first-order chi connectivity index (χ1) is 8.20. The van der Waals surface area contributed by atoms with Gasteiger partial charge in [0.2, 0.25) is 11.7 Å². The van der Waals surface area contributed by atoms with Crippen molar-refractivity contribution in [2.75, 3.05) is 0 Å². The Balaban J connectivity index is 2.24. The molecule has 0 aromatic carbocycles. The lowest BCUT2D eigenvalue weighted by Crippen LogP contribution is -2.09. The molecule has 2 aromatic rings. The molecule has 0 aliphatic heterocycles. The van der Waals surface area contributed by atoms with Gasteiger partial charge < -0.3 is 10.3 Å². The predicted octanol–water partition coefficient (Wildman–Crippen LogP) is 1.81. The molecule has 2 rings (SSSR count). The van der Waals surface area contributed by atoms with E-state index in [4.69, 9.17) is 28.3 Å². The first-order valence-electron chi connectivity index (χ1n) is 4.85. The lowest BCUT2D eigenvalue weighted by Gasteiger charge is -1.98. The van der Waals surface area contributed by atoms with Crippen LogP contribution in [0.1, 0.15) is 18.4 Å². The van der Waals surface area contributed by atoms with Crippen molar-refractivity contribution in [3.05, 3.63) is 29.2 Å². The van der Waals surface area contributed by atoms with Gasteiger partial charge in [-0.1, -0.05) is 16.8 Å². The zero-order valence-electron chi connectivity index (χ0n) is 8.80. The van der Waals surface area contributed by atoms with Gasteiger partial charge in [-0.2, -0.15) is 4.98 Å². The van der Waals surface area contributed by atoms with Crippen molar-refractivity contribution in [2.45, 2.75) is 12.5 Å². The van der Waals surface area contributed by atoms with Crippen LogP contribution in [-0.4, -0.2) is 15.1 Å². The number of nitrogens with two attached hydrogens (primary N) is 1. The fourth-order valence-electron chi connectivity index (χ4n) is 1.21. The van der Waals surface area contributed by atoms with Crippen molar-refractivity contribution in [3.8, 4) is 23.9 Å². The van der Waals surface area contributed by atoms with Crippen molar-refractivity contribution in [1.29, 1.82) is 0 Å². The molecule has 0 bridgehead atoms. The lowest BCUT2D eigenvalue weighted by molar-refractivity contribution is 0.356. The van der Waals surface area contributed by atoms with Gasteiger partial charge in [0.25, 0.3) is 0 Å². The maximum absolute atomic E-state index is 5.74. The first kappa shape index (κ1) is 11.6. The summed E-state index contributed by atoms with van der Waals surface area (Å²) in [6, 6.07) is 2.94. The summed E-state index contributed by atoms with van der Waals surface area (Å²) in [6.45, 7) is 0. The second kappa shape index (κ2) is 4.95. The Kier molecular flexibility index (Phi) is 3.38. The van der Waals surface area contributed by atoms with Gasteiger partial charge in [0.05, 0.1) is 11.1 Å². The largest absolute Gasteiger partial charge is 0.337 e. The smallest absolute Gasteiger partial charge is 0.244 e. The Labute approximate surface area is 103 Å². The highest BCUT2D eigenvalue weighted by Crippen LogP contribution is 2.18. The molecule has 1 atom stereocenters. The van der Waals surface area contributed by atoms with Gasteiger partial charge in [-0.3, -0.25) is 4.98 Å². The molecule has 2 heterocycles. The van der Waals surface area contributed by atoms with E-state index in [0.29, 0.717) is 28.9 Å². The number of rotatable bonds is 3. The molecule has 0 aliphatic carbocycles. The summed E-state index contributed by atoms with van der Waals surface area (Å²) >= 11 is 5.73.